The molecule has 2 atom stereocenters. The Balaban J connectivity index is 1.38. The van der Waals surface area contributed by atoms with Gasteiger partial charge in [-0.15, -0.1) is 10.2 Å². The van der Waals surface area contributed by atoms with Crippen molar-refractivity contribution in [2.75, 3.05) is 11.4 Å². The van der Waals surface area contributed by atoms with Gasteiger partial charge in [0.2, 0.25) is 23.6 Å². The van der Waals surface area contributed by atoms with Gasteiger partial charge in [-0.25, -0.2) is 0 Å². The molecule has 4 N–H and O–H groups in total. The zero-order chi connectivity index (χ0) is 26.9. The smallest absolute Gasteiger partial charge is 0.247 e. The van der Waals surface area contributed by atoms with E-state index in [9.17, 15) is 19.2 Å². The first-order valence-corrected chi connectivity index (χ1v) is 12.5. The van der Waals surface area contributed by atoms with Crippen LogP contribution < -0.4 is 20.9 Å². The highest BCUT2D eigenvalue weighted by Gasteiger charge is 2.38. The third-order valence-corrected chi connectivity index (χ3v) is 6.21. The lowest BCUT2D eigenvalue weighted by Gasteiger charge is -2.25. The lowest BCUT2D eigenvalue weighted by Crippen LogP contribution is -2.53. The Kier molecular flexibility index (Phi) is 8.75. The fourth-order valence-electron chi connectivity index (χ4n) is 4.40. The van der Waals surface area contributed by atoms with Gasteiger partial charge in [0.1, 0.15) is 12.1 Å². The standard InChI is InChI=1S/C26H30N8O4/c1-2-8-19(29-23(35)13-17-9-4-3-5-10-17)25(37)28-16-24(36)34-20-12-7-6-11-18(20)14-21(34)26(38)27-15-22-30-32-33-31-22/h3-7,9-12,19,21H,2,8,13-16H2,1H3,(H,27,38)(H,28,37)(H,29,35)(H,30,31,32,33)/t19?,21-/m0/s1. The van der Waals surface area contributed by atoms with Crippen molar-refractivity contribution in [1.29, 1.82) is 0 Å². The summed E-state index contributed by atoms with van der Waals surface area (Å²) in [6.07, 6.45) is 1.58. The van der Waals surface area contributed by atoms with E-state index in [1.54, 1.807) is 12.1 Å². The molecule has 0 fully saturated rings. The molecule has 0 spiro atoms. The van der Waals surface area contributed by atoms with Crippen molar-refractivity contribution in [2.45, 2.75) is 51.2 Å². The molecule has 0 saturated carbocycles. The largest absolute Gasteiger partial charge is 0.347 e. The molecule has 2 heterocycles. The zero-order valence-electron chi connectivity index (χ0n) is 21.0. The van der Waals surface area contributed by atoms with Crippen molar-refractivity contribution in [3.63, 3.8) is 0 Å². The predicted octanol–water partition coefficient (Wildman–Crippen LogP) is 0.418. The Hall–Kier alpha value is -4.61. The van der Waals surface area contributed by atoms with E-state index in [1.807, 2.05) is 49.4 Å². The maximum absolute atomic E-state index is 13.3. The molecule has 12 heteroatoms. The molecule has 198 valence electrons. The Labute approximate surface area is 219 Å². The summed E-state index contributed by atoms with van der Waals surface area (Å²) in [4.78, 5) is 53.2. The number of amides is 4. The molecule has 1 aliphatic rings. The third-order valence-electron chi connectivity index (χ3n) is 6.21. The molecular weight excluding hydrogens is 488 g/mol. The molecule has 1 aromatic heterocycles. The van der Waals surface area contributed by atoms with Crippen LogP contribution in [0, 0.1) is 0 Å². The summed E-state index contributed by atoms with van der Waals surface area (Å²) < 4.78 is 0. The number of aromatic nitrogens is 4. The van der Waals surface area contributed by atoms with Crippen molar-refractivity contribution in [3.05, 3.63) is 71.5 Å². The second-order valence-corrected chi connectivity index (χ2v) is 8.95. The number of rotatable bonds is 11. The van der Waals surface area contributed by atoms with E-state index in [-0.39, 0.29) is 31.3 Å². The van der Waals surface area contributed by atoms with Gasteiger partial charge in [0, 0.05) is 12.1 Å². The lowest BCUT2D eigenvalue weighted by molar-refractivity contribution is -0.130. The topological polar surface area (TPSA) is 162 Å². The highest BCUT2D eigenvalue weighted by molar-refractivity contribution is 6.05. The van der Waals surface area contributed by atoms with Gasteiger partial charge in [-0.05, 0) is 23.6 Å². The van der Waals surface area contributed by atoms with Crippen molar-refractivity contribution >= 4 is 29.3 Å². The first kappa shape index (κ1) is 26.5. The summed E-state index contributed by atoms with van der Waals surface area (Å²) >= 11 is 0. The second kappa shape index (κ2) is 12.6. The maximum Gasteiger partial charge on any atom is 0.247 e. The molecule has 0 radical (unpaired) electrons. The number of tetrazole rings is 1. The molecule has 3 aromatic rings. The van der Waals surface area contributed by atoms with Gasteiger partial charge in [-0.1, -0.05) is 67.1 Å². The summed E-state index contributed by atoms with van der Waals surface area (Å²) in [6, 6.07) is 14.9. The van der Waals surface area contributed by atoms with E-state index in [4.69, 9.17) is 0 Å². The first-order chi connectivity index (χ1) is 18.5. The van der Waals surface area contributed by atoms with Gasteiger partial charge in [-0.3, -0.25) is 24.1 Å². The van der Waals surface area contributed by atoms with Gasteiger partial charge in [0.05, 0.1) is 19.5 Å². The number of nitrogens with one attached hydrogen (secondary N) is 4. The number of para-hydroxylation sites is 1. The van der Waals surface area contributed by atoms with Gasteiger partial charge < -0.3 is 16.0 Å². The summed E-state index contributed by atoms with van der Waals surface area (Å²) in [5, 5.41) is 21.6. The molecule has 0 aliphatic carbocycles. The Morgan fingerprint density at radius 3 is 2.55 bits per heavy atom. The van der Waals surface area contributed by atoms with Crippen molar-refractivity contribution in [2.24, 2.45) is 0 Å². The van der Waals surface area contributed by atoms with Crippen molar-refractivity contribution in [1.82, 2.24) is 36.6 Å². The van der Waals surface area contributed by atoms with Gasteiger partial charge >= 0.3 is 0 Å². The van der Waals surface area contributed by atoms with E-state index < -0.39 is 23.9 Å². The molecule has 0 saturated heterocycles. The number of H-pyrrole nitrogens is 1. The fraction of sp³-hybridized carbons (Fsp3) is 0.346. The van der Waals surface area contributed by atoms with Crippen LogP contribution in [0.3, 0.4) is 0 Å². The summed E-state index contributed by atoms with van der Waals surface area (Å²) in [7, 11) is 0. The number of nitrogens with zero attached hydrogens (tertiary/aromatic N) is 4. The number of anilines is 1. The average Bonchev–Trinajstić information content (AvgIpc) is 3.58. The van der Waals surface area contributed by atoms with Crippen LogP contribution in [0.1, 0.15) is 36.7 Å². The number of carbonyl (C=O) groups is 4. The molecule has 12 nitrogen and oxygen atoms in total. The van der Waals surface area contributed by atoms with E-state index in [0.29, 0.717) is 30.8 Å². The van der Waals surface area contributed by atoms with Crippen molar-refractivity contribution < 1.29 is 19.2 Å². The molecule has 4 amide bonds. The van der Waals surface area contributed by atoms with E-state index >= 15 is 0 Å². The first-order valence-electron chi connectivity index (χ1n) is 12.5. The van der Waals surface area contributed by atoms with Crippen LogP contribution in [0.5, 0.6) is 0 Å². The molecule has 0 bridgehead atoms. The molecule has 4 rings (SSSR count). The molecule has 1 unspecified atom stereocenters. The summed E-state index contributed by atoms with van der Waals surface area (Å²) in [5.41, 5.74) is 2.31. The number of aromatic amines is 1. The zero-order valence-corrected chi connectivity index (χ0v) is 21.0. The fourth-order valence-corrected chi connectivity index (χ4v) is 4.40. The Morgan fingerprint density at radius 1 is 1.05 bits per heavy atom. The molecule has 38 heavy (non-hydrogen) atoms. The summed E-state index contributed by atoms with van der Waals surface area (Å²) in [5.74, 6) is -1.22. The number of hydrogen-bond donors (Lipinski definition) is 4. The second-order valence-electron chi connectivity index (χ2n) is 8.95. The predicted molar refractivity (Wildman–Crippen MR) is 137 cm³/mol. The van der Waals surface area contributed by atoms with Crippen LogP contribution >= 0.6 is 0 Å². The normalized spacial score (nSPS) is 14.9. The lowest BCUT2D eigenvalue weighted by atomic mass is 10.1. The van der Waals surface area contributed by atoms with Crippen LogP contribution in [0.25, 0.3) is 0 Å². The van der Waals surface area contributed by atoms with Gasteiger partial charge in [-0.2, -0.15) is 5.21 Å². The van der Waals surface area contributed by atoms with E-state index in [0.717, 1.165) is 11.1 Å². The highest BCUT2D eigenvalue weighted by Crippen LogP contribution is 2.32. The molecule has 1 aliphatic heterocycles. The van der Waals surface area contributed by atoms with Crippen LogP contribution in [0.15, 0.2) is 54.6 Å². The Morgan fingerprint density at radius 2 is 1.82 bits per heavy atom. The number of carbonyl (C=O) groups excluding carboxylic acids is 4. The highest BCUT2D eigenvalue weighted by atomic mass is 16.2. The minimum Gasteiger partial charge on any atom is -0.347 e. The molecular formula is C26H30N8O4. The Bertz CT molecular complexity index is 1270. The van der Waals surface area contributed by atoms with E-state index in [2.05, 4.69) is 36.6 Å². The van der Waals surface area contributed by atoms with Crippen molar-refractivity contribution in [3.8, 4) is 0 Å². The van der Waals surface area contributed by atoms with Gasteiger partial charge in [0.15, 0.2) is 5.82 Å². The van der Waals surface area contributed by atoms with Crippen LogP contribution in [-0.4, -0.2) is 62.9 Å². The number of hydrogen-bond acceptors (Lipinski definition) is 7. The number of benzene rings is 2. The van der Waals surface area contributed by atoms with Gasteiger partial charge in [0.25, 0.3) is 0 Å². The average molecular weight is 519 g/mol. The van der Waals surface area contributed by atoms with Crippen LogP contribution in [0.2, 0.25) is 0 Å². The number of fused-ring (bicyclic) bond motifs is 1. The molecule has 2 aromatic carbocycles. The SMILES string of the molecule is CCCC(NC(=O)Cc1ccccc1)C(=O)NCC(=O)N1c2ccccc2C[C@H]1C(=O)NCc1nn[nH]n1. The third kappa shape index (κ3) is 6.58. The quantitative estimate of drug-likeness (QED) is 0.286. The minimum atomic E-state index is -0.791. The van der Waals surface area contributed by atoms with Crippen LogP contribution in [0.4, 0.5) is 5.69 Å². The maximum atomic E-state index is 13.3. The van der Waals surface area contributed by atoms with E-state index in [1.165, 1.54) is 4.90 Å². The van der Waals surface area contributed by atoms with Crippen LogP contribution in [-0.2, 0) is 38.6 Å². The minimum absolute atomic E-state index is 0.0579. The monoisotopic (exact) mass is 518 g/mol. The summed E-state index contributed by atoms with van der Waals surface area (Å²) in [6.45, 7) is 1.65.